The summed E-state index contributed by atoms with van der Waals surface area (Å²) in [4.78, 5) is 0. The van der Waals surface area contributed by atoms with Gasteiger partial charge in [-0.2, -0.15) is 0 Å². The topological polar surface area (TPSA) is 38.0 Å². The second kappa shape index (κ2) is 4.18. The average molecular weight is 251 g/mol. The van der Waals surface area contributed by atoms with Crippen LogP contribution in [0.15, 0.2) is 18.2 Å². The fraction of sp³-hybridized carbons (Fsp3) is 0.571. The molecule has 2 aliphatic rings. The molecule has 2 saturated carbocycles. The first-order valence-corrected chi connectivity index (χ1v) is 6.81. The van der Waals surface area contributed by atoms with Crippen LogP contribution in [0.3, 0.4) is 0 Å². The fourth-order valence-corrected chi connectivity index (χ4v) is 3.09. The number of nitrogen functional groups attached to an aromatic ring is 1. The quantitative estimate of drug-likeness (QED) is 0.788. The number of nitrogens with two attached hydrogens (primary N) is 1. The van der Waals surface area contributed by atoms with Gasteiger partial charge in [0.05, 0.1) is 0 Å². The Morgan fingerprint density at radius 1 is 1.29 bits per heavy atom. The Hall–Kier alpha value is -0.730. The number of rotatable bonds is 5. The molecule has 0 aromatic heterocycles. The van der Waals surface area contributed by atoms with Gasteiger partial charge >= 0.3 is 0 Å². The van der Waals surface area contributed by atoms with E-state index in [1.54, 1.807) is 6.07 Å². The summed E-state index contributed by atoms with van der Waals surface area (Å²) < 4.78 is 0. The number of hydrogen-bond donors (Lipinski definition) is 2. The second-order valence-electron chi connectivity index (χ2n) is 5.63. The molecule has 3 heteroatoms. The van der Waals surface area contributed by atoms with Crippen LogP contribution >= 0.6 is 11.6 Å². The van der Waals surface area contributed by atoms with Crippen LogP contribution in [-0.4, -0.2) is 6.54 Å². The Morgan fingerprint density at radius 2 is 2.06 bits per heavy atom. The zero-order valence-corrected chi connectivity index (χ0v) is 10.8. The predicted octanol–water partition coefficient (Wildman–Crippen LogP) is 3.20. The van der Waals surface area contributed by atoms with Crippen molar-refractivity contribution in [1.82, 2.24) is 5.32 Å². The molecule has 0 amide bonds. The van der Waals surface area contributed by atoms with Crippen LogP contribution in [0.4, 0.5) is 5.69 Å². The van der Waals surface area contributed by atoms with Crippen LogP contribution in [-0.2, 0) is 6.54 Å². The standard InChI is InChI=1S/C14H19ClN2/c15-12-5-10(6-13(16)7-12)8-17-9-14(3-4-14)11-1-2-11/h5-7,11,17H,1-4,8-9,16H2. The Kier molecular flexibility index (Phi) is 2.80. The summed E-state index contributed by atoms with van der Waals surface area (Å²) >= 11 is 5.98. The van der Waals surface area contributed by atoms with Gasteiger partial charge in [0.1, 0.15) is 0 Å². The molecular formula is C14H19ClN2. The molecule has 0 spiro atoms. The Balaban J connectivity index is 1.53. The highest BCUT2D eigenvalue weighted by Gasteiger charge is 2.53. The van der Waals surface area contributed by atoms with Crippen LogP contribution in [0.25, 0.3) is 0 Å². The minimum atomic E-state index is 0.657. The Morgan fingerprint density at radius 3 is 2.65 bits per heavy atom. The molecule has 0 bridgehead atoms. The molecule has 3 N–H and O–H groups in total. The number of anilines is 1. The van der Waals surface area contributed by atoms with Crippen LogP contribution in [0.5, 0.6) is 0 Å². The summed E-state index contributed by atoms with van der Waals surface area (Å²) in [5.74, 6) is 1.01. The van der Waals surface area contributed by atoms with E-state index >= 15 is 0 Å². The van der Waals surface area contributed by atoms with E-state index in [2.05, 4.69) is 5.32 Å². The molecule has 1 aromatic carbocycles. The first-order valence-electron chi connectivity index (χ1n) is 6.44. The second-order valence-corrected chi connectivity index (χ2v) is 6.07. The van der Waals surface area contributed by atoms with Crippen molar-refractivity contribution >= 4 is 17.3 Å². The highest BCUT2D eigenvalue weighted by molar-refractivity contribution is 6.30. The lowest BCUT2D eigenvalue weighted by Crippen LogP contribution is -2.25. The molecule has 0 heterocycles. The van der Waals surface area contributed by atoms with Crippen LogP contribution < -0.4 is 11.1 Å². The van der Waals surface area contributed by atoms with Gasteiger partial charge in [0.15, 0.2) is 0 Å². The van der Waals surface area contributed by atoms with E-state index < -0.39 is 0 Å². The normalized spacial score (nSPS) is 21.5. The van der Waals surface area contributed by atoms with Crippen LogP contribution in [0, 0.1) is 11.3 Å². The van der Waals surface area contributed by atoms with E-state index in [0.717, 1.165) is 29.7 Å². The summed E-state index contributed by atoms with van der Waals surface area (Å²) in [6, 6.07) is 5.77. The number of nitrogens with one attached hydrogen (secondary N) is 1. The molecule has 1 aromatic rings. The molecule has 0 unspecified atom stereocenters. The summed E-state index contributed by atoms with van der Waals surface area (Å²) in [5, 5.41) is 4.29. The number of hydrogen-bond acceptors (Lipinski definition) is 2. The van der Waals surface area contributed by atoms with Crippen LogP contribution in [0.2, 0.25) is 5.02 Å². The Labute approximate surface area is 108 Å². The van der Waals surface area contributed by atoms with Gasteiger partial charge < -0.3 is 11.1 Å². The van der Waals surface area contributed by atoms with Crippen molar-refractivity contribution < 1.29 is 0 Å². The average Bonchev–Trinajstić information content (AvgIpc) is 3.11. The van der Waals surface area contributed by atoms with E-state index in [1.165, 1.54) is 31.2 Å². The molecule has 92 valence electrons. The molecule has 0 atom stereocenters. The van der Waals surface area contributed by atoms with E-state index in [1.807, 2.05) is 12.1 Å². The summed E-state index contributed by atoms with van der Waals surface area (Å²) in [5.41, 5.74) is 8.36. The van der Waals surface area contributed by atoms with E-state index in [-0.39, 0.29) is 0 Å². The van der Waals surface area contributed by atoms with Crippen molar-refractivity contribution in [2.45, 2.75) is 32.2 Å². The molecule has 0 saturated heterocycles. The third-order valence-electron chi connectivity index (χ3n) is 4.12. The van der Waals surface area contributed by atoms with E-state index in [9.17, 15) is 0 Å². The van der Waals surface area contributed by atoms with Gasteiger partial charge in [-0.25, -0.2) is 0 Å². The molecule has 0 radical (unpaired) electrons. The van der Waals surface area contributed by atoms with Gasteiger partial charge in [0, 0.05) is 23.8 Å². The van der Waals surface area contributed by atoms with Crippen molar-refractivity contribution in [3.05, 3.63) is 28.8 Å². The molecule has 2 fully saturated rings. The molecule has 3 rings (SSSR count). The van der Waals surface area contributed by atoms with Gasteiger partial charge in [-0.1, -0.05) is 11.6 Å². The van der Waals surface area contributed by atoms with Crippen molar-refractivity contribution in [1.29, 1.82) is 0 Å². The SMILES string of the molecule is Nc1cc(Cl)cc(CNCC2(C3CC3)CC2)c1. The number of halogens is 1. The summed E-state index contributed by atoms with van der Waals surface area (Å²) in [7, 11) is 0. The lowest BCUT2D eigenvalue weighted by molar-refractivity contribution is 0.403. The largest absolute Gasteiger partial charge is 0.399 e. The molecule has 2 nitrogen and oxygen atoms in total. The van der Waals surface area contributed by atoms with Crippen molar-refractivity contribution in [3.63, 3.8) is 0 Å². The fourth-order valence-electron chi connectivity index (χ4n) is 2.82. The number of benzene rings is 1. The lowest BCUT2D eigenvalue weighted by Gasteiger charge is -2.15. The lowest BCUT2D eigenvalue weighted by atomic mass is 10.0. The molecule has 0 aliphatic heterocycles. The Bertz CT molecular complexity index is 402. The smallest absolute Gasteiger partial charge is 0.0429 e. The molecule has 17 heavy (non-hydrogen) atoms. The van der Waals surface area contributed by atoms with Crippen molar-refractivity contribution in [3.8, 4) is 0 Å². The summed E-state index contributed by atoms with van der Waals surface area (Å²) in [6.07, 6.45) is 5.74. The van der Waals surface area contributed by atoms with E-state index in [4.69, 9.17) is 17.3 Å². The highest BCUT2D eigenvalue weighted by Crippen LogP contribution is 2.60. The van der Waals surface area contributed by atoms with Crippen molar-refractivity contribution in [2.24, 2.45) is 11.3 Å². The van der Waals surface area contributed by atoms with Gasteiger partial charge in [0.25, 0.3) is 0 Å². The zero-order valence-electron chi connectivity index (χ0n) is 10.0. The summed E-state index contributed by atoms with van der Waals surface area (Å²) in [6.45, 7) is 2.03. The first-order chi connectivity index (χ1) is 8.18. The van der Waals surface area contributed by atoms with Gasteiger partial charge in [0.2, 0.25) is 0 Å². The third kappa shape index (κ3) is 2.58. The predicted molar refractivity (Wildman–Crippen MR) is 72.0 cm³/mol. The van der Waals surface area contributed by atoms with Crippen LogP contribution in [0.1, 0.15) is 31.2 Å². The monoisotopic (exact) mass is 250 g/mol. The minimum Gasteiger partial charge on any atom is -0.399 e. The maximum atomic E-state index is 5.98. The molecular weight excluding hydrogens is 232 g/mol. The van der Waals surface area contributed by atoms with Gasteiger partial charge in [-0.05, 0) is 60.8 Å². The van der Waals surface area contributed by atoms with E-state index in [0.29, 0.717) is 5.41 Å². The maximum Gasteiger partial charge on any atom is 0.0429 e. The van der Waals surface area contributed by atoms with Crippen molar-refractivity contribution in [2.75, 3.05) is 12.3 Å². The highest BCUT2D eigenvalue weighted by atomic mass is 35.5. The van der Waals surface area contributed by atoms with Gasteiger partial charge in [-0.3, -0.25) is 0 Å². The van der Waals surface area contributed by atoms with Gasteiger partial charge in [-0.15, -0.1) is 0 Å². The third-order valence-corrected chi connectivity index (χ3v) is 4.34. The zero-order chi connectivity index (χ0) is 11.9. The maximum absolute atomic E-state index is 5.98. The molecule has 2 aliphatic carbocycles. The first kappa shape index (κ1) is 11.4. The minimum absolute atomic E-state index is 0.657.